The molecule has 1 heterocycles. The van der Waals surface area contributed by atoms with E-state index in [1.807, 2.05) is 13.0 Å². The molecule has 0 aliphatic carbocycles. The Kier molecular flexibility index (Phi) is 7.15. The number of thiophene rings is 1. The van der Waals surface area contributed by atoms with Crippen LogP contribution >= 0.6 is 27.3 Å². The predicted octanol–water partition coefficient (Wildman–Crippen LogP) is 4.48. The van der Waals surface area contributed by atoms with Gasteiger partial charge in [0.1, 0.15) is 4.21 Å². The molecule has 1 N–H and O–H groups in total. The molecule has 1 aromatic rings. The standard InChI is InChI=1S/C14H20BrNO2S2/c1-11(2)5-4-6-12(3)9-10-16-20(17,18)14-8-7-13(15)19-14/h5,7-9,16H,4,6,10H2,1-3H3/b12-9+. The van der Waals surface area contributed by atoms with Crippen LogP contribution < -0.4 is 4.72 Å². The third-order valence-corrected chi connectivity index (χ3v) is 6.17. The highest BCUT2D eigenvalue weighted by Gasteiger charge is 2.14. The molecule has 0 atom stereocenters. The van der Waals surface area contributed by atoms with E-state index in [1.165, 1.54) is 22.5 Å². The molecular weight excluding hydrogens is 358 g/mol. The molecule has 0 radical (unpaired) electrons. The van der Waals surface area contributed by atoms with Crippen molar-refractivity contribution in [2.24, 2.45) is 0 Å². The minimum atomic E-state index is -3.39. The van der Waals surface area contributed by atoms with E-state index in [9.17, 15) is 8.42 Å². The highest BCUT2D eigenvalue weighted by molar-refractivity contribution is 9.11. The third-order valence-electron chi connectivity index (χ3n) is 2.63. The minimum absolute atomic E-state index is 0.332. The van der Waals surface area contributed by atoms with Crippen molar-refractivity contribution in [1.82, 2.24) is 4.72 Å². The summed E-state index contributed by atoms with van der Waals surface area (Å²) < 4.78 is 27.7. The second-order valence-corrected chi connectivity index (χ2v) is 9.24. The first-order chi connectivity index (χ1) is 9.31. The maximum absolute atomic E-state index is 12.0. The van der Waals surface area contributed by atoms with Gasteiger partial charge in [-0.05, 0) is 61.7 Å². The predicted molar refractivity (Wildman–Crippen MR) is 89.6 cm³/mol. The third kappa shape index (κ3) is 6.35. The van der Waals surface area contributed by atoms with Crippen molar-refractivity contribution in [3.63, 3.8) is 0 Å². The number of allylic oxidation sites excluding steroid dienone is 3. The Labute approximate surface area is 134 Å². The van der Waals surface area contributed by atoms with Crippen LogP contribution in [0.4, 0.5) is 0 Å². The summed E-state index contributed by atoms with van der Waals surface area (Å²) in [5.41, 5.74) is 2.50. The van der Waals surface area contributed by atoms with Gasteiger partial charge in [0.2, 0.25) is 10.0 Å². The molecule has 0 aliphatic rings. The smallest absolute Gasteiger partial charge is 0.207 e. The molecule has 1 aromatic heterocycles. The van der Waals surface area contributed by atoms with Crippen molar-refractivity contribution in [1.29, 1.82) is 0 Å². The summed E-state index contributed by atoms with van der Waals surface area (Å²) in [4.78, 5) is 0. The summed E-state index contributed by atoms with van der Waals surface area (Å²) in [7, 11) is -3.39. The topological polar surface area (TPSA) is 46.2 Å². The Hall–Kier alpha value is -0.430. The van der Waals surface area contributed by atoms with Gasteiger partial charge in [0, 0.05) is 6.54 Å². The molecule has 0 unspecified atom stereocenters. The summed E-state index contributed by atoms with van der Waals surface area (Å²) in [5.74, 6) is 0. The molecule has 0 aromatic carbocycles. The van der Waals surface area contributed by atoms with Crippen molar-refractivity contribution < 1.29 is 8.42 Å². The highest BCUT2D eigenvalue weighted by atomic mass is 79.9. The maximum Gasteiger partial charge on any atom is 0.250 e. The summed E-state index contributed by atoms with van der Waals surface area (Å²) in [6, 6.07) is 3.34. The number of nitrogens with one attached hydrogen (secondary N) is 1. The second-order valence-electron chi connectivity index (χ2n) is 4.78. The normalized spacial score (nSPS) is 12.5. The van der Waals surface area contributed by atoms with Crippen LogP contribution in [0.2, 0.25) is 0 Å². The first-order valence-electron chi connectivity index (χ1n) is 6.35. The van der Waals surface area contributed by atoms with Crippen LogP contribution in [0.15, 0.2) is 43.4 Å². The zero-order valence-electron chi connectivity index (χ0n) is 11.9. The van der Waals surface area contributed by atoms with Crippen molar-refractivity contribution in [3.05, 3.63) is 39.2 Å². The van der Waals surface area contributed by atoms with Crippen LogP contribution in [0.5, 0.6) is 0 Å². The number of hydrogen-bond donors (Lipinski definition) is 1. The molecule has 0 saturated carbocycles. The monoisotopic (exact) mass is 377 g/mol. The number of sulfonamides is 1. The van der Waals surface area contributed by atoms with Gasteiger partial charge in [-0.1, -0.05) is 23.3 Å². The van der Waals surface area contributed by atoms with E-state index in [0.29, 0.717) is 10.8 Å². The van der Waals surface area contributed by atoms with Gasteiger partial charge in [-0.3, -0.25) is 0 Å². The lowest BCUT2D eigenvalue weighted by atomic mass is 10.1. The van der Waals surface area contributed by atoms with Crippen molar-refractivity contribution in [3.8, 4) is 0 Å². The van der Waals surface area contributed by atoms with Gasteiger partial charge in [0.05, 0.1) is 3.79 Å². The maximum atomic E-state index is 12.0. The summed E-state index contributed by atoms with van der Waals surface area (Å²) >= 11 is 4.47. The average Bonchev–Trinajstić information content (AvgIpc) is 2.76. The molecule has 20 heavy (non-hydrogen) atoms. The van der Waals surface area contributed by atoms with Crippen molar-refractivity contribution >= 4 is 37.3 Å². The summed E-state index contributed by atoms with van der Waals surface area (Å²) in [5, 5.41) is 0. The van der Waals surface area contributed by atoms with Gasteiger partial charge in [0.25, 0.3) is 0 Å². The van der Waals surface area contributed by atoms with E-state index in [2.05, 4.69) is 40.6 Å². The first-order valence-corrected chi connectivity index (χ1v) is 9.44. The highest BCUT2D eigenvalue weighted by Crippen LogP contribution is 2.25. The molecule has 3 nitrogen and oxygen atoms in total. The molecule has 0 aliphatic heterocycles. The van der Waals surface area contributed by atoms with Crippen molar-refractivity contribution in [2.75, 3.05) is 6.54 Å². The van der Waals surface area contributed by atoms with E-state index < -0.39 is 10.0 Å². The molecule has 0 spiro atoms. The fourth-order valence-corrected chi connectivity index (χ4v) is 4.55. The van der Waals surface area contributed by atoms with Crippen LogP contribution in [-0.2, 0) is 10.0 Å². The second kappa shape index (κ2) is 8.12. The molecule has 6 heteroatoms. The molecule has 1 rings (SSSR count). The van der Waals surface area contributed by atoms with E-state index >= 15 is 0 Å². The lowest BCUT2D eigenvalue weighted by Gasteiger charge is -2.03. The number of halogens is 1. The molecular formula is C14H20BrNO2S2. The van der Waals surface area contributed by atoms with Crippen LogP contribution in [-0.4, -0.2) is 15.0 Å². The number of rotatable bonds is 7. The Morgan fingerprint density at radius 1 is 1.30 bits per heavy atom. The fraction of sp³-hybridized carbons (Fsp3) is 0.429. The largest absolute Gasteiger partial charge is 0.250 e. The average molecular weight is 378 g/mol. The lowest BCUT2D eigenvalue weighted by molar-refractivity contribution is 0.587. The Morgan fingerprint density at radius 3 is 2.55 bits per heavy atom. The quantitative estimate of drug-likeness (QED) is 0.711. The molecule has 0 saturated heterocycles. The lowest BCUT2D eigenvalue weighted by Crippen LogP contribution is -2.23. The van der Waals surface area contributed by atoms with Gasteiger partial charge >= 0.3 is 0 Å². The van der Waals surface area contributed by atoms with Crippen LogP contribution in [0, 0.1) is 0 Å². The first kappa shape index (κ1) is 17.6. The van der Waals surface area contributed by atoms with E-state index in [0.717, 1.165) is 16.6 Å². The minimum Gasteiger partial charge on any atom is -0.207 e. The molecule has 0 amide bonds. The molecule has 0 bridgehead atoms. The van der Waals surface area contributed by atoms with Gasteiger partial charge in [0.15, 0.2) is 0 Å². The Balaban J connectivity index is 2.48. The summed E-state index contributed by atoms with van der Waals surface area (Å²) in [6.07, 6.45) is 6.07. The van der Waals surface area contributed by atoms with Crippen LogP contribution in [0.1, 0.15) is 33.6 Å². The zero-order chi connectivity index (χ0) is 15.2. The van der Waals surface area contributed by atoms with Gasteiger partial charge < -0.3 is 0 Å². The molecule has 112 valence electrons. The van der Waals surface area contributed by atoms with Gasteiger partial charge in [-0.25, -0.2) is 13.1 Å². The van der Waals surface area contributed by atoms with E-state index in [1.54, 1.807) is 12.1 Å². The SMILES string of the molecule is CC(C)=CCC/C(C)=C/CNS(=O)(=O)c1ccc(Br)s1. The zero-order valence-corrected chi connectivity index (χ0v) is 15.2. The van der Waals surface area contributed by atoms with E-state index in [4.69, 9.17) is 0 Å². The molecule has 0 fully saturated rings. The fourth-order valence-electron chi connectivity index (χ4n) is 1.53. The Bertz CT molecular complexity index is 596. The summed E-state index contributed by atoms with van der Waals surface area (Å²) in [6.45, 7) is 6.51. The van der Waals surface area contributed by atoms with Gasteiger partial charge in [-0.2, -0.15) is 0 Å². The van der Waals surface area contributed by atoms with Gasteiger partial charge in [-0.15, -0.1) is 11.3 Å². The van der Waals surface area contributed by atoms with Crippen LogP contribution in [0.3, 0.4) is 0 Å². The van der Waals surface area contributed by atoms with Crippen LogP contribution in [0.25, 0.3) is 0 Å². The Morgan fingerprint density at radius 2 is 2.00 bits per heavy atom. The van der Waals surface area contributed by atoms with Crippen molar-refractivity contribution in [2.45, 2.75) is 37.8 Å². The number of hydrogen-bond acceptors (Lipinski definition) is 3. The van der Waals surface area contributed by atoms with E-state index in [-0.39, 0.29) is 0 Å².